The van der Waals surface area contributed by atoms with Crippen LogP contribution in [0.3, 0.4) is 0 Å². The Kier molecular flexibility index (Phi) is 3.25. The third kappa shape index (κ3) is 2.09. The number of fused-ring (bicyclic) bond motifs is 1. The van der Waals surface area contributed by atoms with Crippen LogP contribution >= 0.6 is 0 Å². The Labute approximate surface area is 103 Å². The first-order valence-corrected chi connectivity index (χ1v) is 6.21. The number of hydrogen-bond donors (Lipinski definition) is 1. The summed E-state index contributed by atoms with van der Waals surface area (Å²) in [7, 11) is 1.95. The molecule has 2 heteroatoms. The van der Waals surface area contributed by atoms with Crippen molar-refractivity contribution in [1.29, 1.82) is 0 Å². The summed E-state index contributed by atoms with van der Waals surface area (Å²) in [5, 5.41) is 4.45. The SMILES string of the molecule is CNCc1oc2cc(C)c(C)cc2c1C(C)C. The molecule has 2 aromatic rings. The van der Waals surface area contributed by atoms with Crippen molar-refractivity contribution in [2.75, 3.05) is 7.05 Å². The van der Waals surface area contributed by atoms with Crippen LogP contribution in [-0.4, -0.2) is 7.05 Å². The van der Waals surface area contributed by atoms with Crippen LogP contribution in [0.2, 0.25) is 0 Å². The van der Waals surface area contributed by atoms with Crippen molar-refractivity contribution in [3.05, 3.63) is 34.6 Å². The second kappa shape index (κ2) is 4.53. The number of aryl methyl sites for hydroxylation is 2. The van der Waals surface area contributed by atoms with Crippen LogP contribution in [0.4, 0.5) is 0 Å². The summed E-state index contributed by atoms with van der Waals surface area (Å²) in [5.41, 5.74) is 4.98. The molecule has 17 heavy (non-hydrogen) atoms. The molecule has 92 valence electrons. The monoisotopic (exact) mass is 231 g/mol. The van der Waals surface area contributed by atoms with Crippen molar-refractivity contribution >= 4 is 11.0 Å². The van der Waals surface area contributed by atoms with E-state index in [0.29, 0.717) is 5.92 Å². The Morgan fingerprint density at radius 1 is 1.18 bits per heavy atom. The van der Waals surface area contributed by atoms with E-state index in [1.165, 1.54) is 22.1 Å². The maximum atomic E-state index is 5.97. The molecule has 0 bridgehead atoms. The highest BCUT2D eigenvalue weighted by molar-refractivity contribution is 5.84. The van der Waals surface area contributed by atoms with Gasteiger partial charge in [0, 0.05) is 10.9 Å². The van der Waals surface area contributed by atoms with E-state index >= 15 is 0 Å². The van der Waals surface area contributed by atoms with Crippen molar-refractivity contribution < 1.29 is 4.42 Å². The minimum absolute atomic E-state index is 0.488. The molecule has 1 heterocycles. The Morgan fingerprint density at radius 2 is 1.82 bits per heavy atom. The summed E-state index contributed by atoms with van der Waals surface area (Å²) in [6.45, 7) is 9.52. The summed E-state index contributed by atoms with van der Waals surface area (Å²) in [6, 6.07) is 4.40. The van der Waals surface area contributed by atoms with E-state index in [1.54, 1.807) is 0 Å². The molecule has 0 saturated heterocycles. The average Bonchev–Trinajstić information content (AvgIpc) is 2.57. The zero-order chi connectivity index (χ0) is 12.6. The molecule has 0 atom stereocenters. The second-order valence-electron chi connectivity index (χ2n) is 5.06. The van der Waals surface area contributed by atoms with Crippen LogP contribution in [0.15, 0.2) is 16.5 Å². The van der Waals surface area contributed by atoms with Crippen molar-refractivity contribution in [3.63, 3.8) is 0 Å². The van der Waals surface area contributed by atoms with E-state index in [4.69, 9.17) is 4.42 Å². The lowest BCUT2D eigenvalue weighted by Crippen LogP contribution is -2.06. The van der Waals surface area contributed by atoms with Crippen molar-refractivity contribution in [1.82, 2.24) is 5.32 Å². The predicted molar refractivity (Wildman–Crippen MR) is 72.5 cm³/mol. The third-order valence-corrected chi connectivity index (χ3v) is 3.33. The highest BCUT2D eigenvalue weighted by atomic mass is 16.3. The van der Waals surface area contributed by atoms with Crippen LogP contribution in [0, 0.1) is 13.8 Å². The minimum Gasteiger partial charge on any atom is -0.459 e. The highest BCUT2D eigenvalue weighted by Gasteiger charge is 2.17. The van der Waals surface area contributed by atoms with Gasteiger partial charge in [-0.3, -0.25) is 0 Å². The van der Waals surface area contributed by atoms with Gasteiger partial charge in [-0.1, -0.05) is 13.8 Å². The van der Waals surface area contributed by atoms with Crippen molar-refractivity contribution in [2.24, 2.45) is 0 Å². The molecule has 1 aromatic carbocycles. The standard InChI is InChI=1S/C15H21NO/c1-9(2)15-12-6-10(3)11(4)7-13(12)17-14(15)8-16-5/h6-7,9,16H,8H2,1-5H3. The lowest BCUT2D eigenvalue weighted by molar-refractivity contribution is 0.520. The lowest BCUT2D eigenvalue weighted by Gasteiger charge is -2.06. The molecular formula is C15H21NO. The first-order chi connectivity index (χ1) is 8.04. The minimum atomic E-state index is 0.488. The Hall–Kier alpha value is -1.28. The van der Waals surface area contributed by atoms with E-state index in [2.05, 4.69) is 45.1 Å². The summed E-state index contributed by atoms with van der Waals surface area (Å²) in [6.07, 6.45) is 0. The summed E-state index contributed by atoms with van der Waals surface area (Å²) < 4.78 is 5.97. The molecule has 0 unspecified atom stereocenters. The molecule has 0 aliphatic heterocycles. The fourth-order valence-electron chi connectivity index (χ4n) is 2.35. The maximum absolute atomic E-state index is 5.97. The molecule has 0 aliphatic carbocycles. The van der Waals surface area contributed by atoms with E-state index in [0.717, 1.165) is 17.9 Å². The molecule has 2 nitrogen and oxygen atoms in total. The molecule has 1 N–H and O–H groups in total. The number of furan rings is 1. The van der Waals surface area contributed by atoms with Crippen LogP contribution < -0.4 is 5.32 Å². The van der Waals surface area contributed by atoms with E-state index in [1.807, 2.05) is 7.05 Å². The van der Waals surface area contributed by atoms with Gasteiger partial charge in [0.05, 0.1) is 6.54 Å². The number of benzene rings is 1. The Balaban J connectivity index is 2.71. The van der Waals surface area contributed by atoms with Gasteiger partial charge in [0.15, 0.2) is 0 Å². The third-order valence-electron chi connectivity index (χ3n) is 3.33. The number of nitrogens with one attached hydrogen (secondary N) is 1. The molecule has 0 saturated carbocycles. The van der Waals surface area contributed by atoms with E-state index < -0.39 is 0 Å². The maximum Gasteiger partial charge on any atom is 0.134 e. The van der Waals surface area contributed by atoms with Gasteiger partial charge in [0.25, 0.3) is 0 Å². The smallest absolute Gasteiger partial charge is 0.134 e. The first kappa shape index (κ1) is 12.2. The van der Waals surface area contributed by atoms with Gasteiger partial charge in [-0.05, 0) is 50.1 Å². The van der Waals surface area contributed by atoms with Gasteiger partial charge in [-0.25, -0.2) is 0 Å². The molecule has 0 spiro atoms. The first-order valence-electron chi connectivity index (χ1n) is 6.21. The normalized spacial score (nSPS) is 11.6. The summed E-state index contributed by atoms with van der Waals surface area (Å²) in [5.74, 6) is 1.56. The van der Waals surface area contributed by atoms with Gasteiger partial charge in [0.2, 0.25) is 0 Å². The second-order valence-corrected chi connectivity index (χ2v) is 5.06. The molecule has 0 radical (unpaired) electrons. The van der Waals surface area contributed by atoms with Gasteiger partial charge < -0.3 is 9.73 Å². The van der Waals surface area contributed by atoms with Crippen LogP contribution in [-0.2, 0) is 6.54 Å². The number of rotatable bonds is 3. The van der Waals surface area contributed by atoms with Crippen LogP contribution in [0.25, 0.3) is 11.0 Å². The van der Waals surface area contributed by atoms with Crippen LogP contribution in [0.5, 0.6) is 0 Å². The van der Waals surface area contributed by atoms with Gasteiger partial charge in [0.1, 0.15) is 11.3 Å². The predicted octanol–water partition coefficient (Wildman–Crippen LogP) is 3.89. The Bertz CT molecular complexity index is 537. The lowest BCUT2D eigenvalue weighted by atomic mass is 9.97. The van der Waals surface area contributed by atoms with Gasteiger partial charge in [-0.15, -0.1) is 0 Å². The zero-order valence-corrected chi connectivity index (χ0v) is 11.3. The highest BCUT2D eigenvalue weighted by Crippen LogP contribution is 2.33. The van der Waals surface area contributed by atoms with Crippen molar-refractivity contribution in [2.45, 2.75) is 40.2 Å². The Morgan fingerprint density at radius 3 is 2.41 bits per heavy atom. The van der Waals surface area contributed by atoms with Crippen molar-refractivity contribution in [3.8, 4) is 0 Å². The summed E-state index contributed by atoms with van der Waals surface area (Å²) in [4.78, 5) is 0. The molecule has 0 amide bonds. The molecule has 1 aromatic heterocycles. The van der Waals surface area contributed by atoms with Gasteiger partial charge in [-0.2, -0.15) is 0 Å². The zero-order valence-electron chi connectivity index (χ0n) is 11.3. The van der Waals surface area contributed by atoms with E-state index in [-0.39, 0.29) is 0 Å². The van der Waals surface area contributed by atoms with Crippen LogP contribution in [0.1, 0.15) is 42.2 Å². The number of hydrogen-bond acceptors (Lipinski definition) is 2. The topological polar surface area (TPSA) is 25.2 Å². The fraction of sp³-hybridized carbons (Fsp3) is 0.467. The fourth-order valence-corrected chi connectivity index (χ4v) is 2.35. The quantitative estimate of drug-likeness (QED) is 0.867. The summed E-state index contributed by atoms with van der Waals surface area (Å²) >= 11 is 0. The van der Waals surface area contributed by atoms with Gasteiger partial charge >= 0.3 is 0 Å². The molecule has 2 rings (SSSR count). The molecule has 0 fully saturated rings. The molecular weight excluding hydrogens is 210 g/mol. The molecule has 0 aliphatic rings. The van der Waals surface area contributed by atoms with E-state index in [9.17, 15) is 0 Å². The largest absolute Gasteiger partial charge is 0.459 e. The average molecular weight is 231 g/mol.